The van der Waals surface area contributed by atoms with Crippen LogP contribution in [0.5, 0.6) is 5.75 Å². The predicted molar refractivity (Wildman–Crippen MR) is 68.3 cm³/mol. The predicted octanol–water partition coefficient (Wildman–Crippen LogP) is 3.00. The molecule has 0 saturated heterocycles. The van der Waals surface area contributed by atoms with Gasteiger partial charge < -0.3 is 10.1 Å². The molecular weight excluding hydrogens is 214 g/mol. The largest absolute Gasteiger partial charge is 0.496 e. The van der Waals surface area contributed by atoms with E-state index in [-0.39, 0.29) is 11.8 Å². The number of rotatable bonds is 5. The Labute approximate surface area is 102 Å². The molecule has 2 rings (SSSR count). The normalized spacial score (nSPS) is 14.5. The summed E-state index contributed by atoms with van der Waals surface area (Å²) in [4.78, 5) is 11.7. The molecule has 0 spiro atoms. The van der Waals surface area contributed by atoms with Crippen molar-refractivity contribution in [2.45, 2.75) is 32.6 Å². The molecule has 1 saturated carbocycles. The molecule has 17 heavy (non-hydrogen) atoms. The molecule has 1 aliphatic rings. The minimum atomic E-state index is 0.151. The fourth-order valence-corrected chi connectivity index (χ4v) is 1.91. The maximum absolute atomic E-state index is 11.7. The SMILES string of the molecule is CCCc1cc(NC(=O)C2CC2)ccc1OC. The summed E-state index contributed by atoms with van der Waals surface area (Å²) in [6.07, 6.45) is 4.10. The zero-order valence-electron chi connectivity index (χ0n) is 10.5. The van der Waals surface area contributed by atoms with Gasteiger partial charge in [-0.25, -0.2) is 0 Å². The van der Waals surface area contributed by atoms with Crippen molar-refractivity contribution >= 4 is 11.6 Å². The van der Waals surface area contributed by atoms with Crippen LogP contribution in [0, 0.1) is 5.92 Å². The maximum atomic E-state index is 11.7. The molecule has 0 heterocycles. The fourth-order valence-electron chi connectivity index (χ4n) is 1.91. The molecule has 0 aromatic heterocycles. The molecule has 92 valence electrons. The molecule has 3 heteroatoms. The van der Waals surface area contributed by atoms with Gasteiger partial charge in [0.25, 0.3) is 0 Å². The molecule has 0 bridgehead atoms. The van der Waals surface area contributed by atoms with E-state index in [1.165, 1.54) is 0 Å². The first-order chi connectivity index (χ1) is 8.24. The number of hydrogen-bond acceptors (Lipinski definition) is 2. The van der Waals surface area contributed by atoms with Crippen molar-refractivity contribution in [3.63, 3.8) is 0 Å². The molecule has 1 aliphatic carbocycles. The van der Waals surface area contributed by atoms with Crippen LogP contribution in [0.25, 0.3) is 0 Å². The van der Waals surface area contributed by atoms with Crippen LogP contribution in [0.2, 0.25) is 0 Å². The van der Waals surface area contributed by atoms with Crippen molar-refractivity contribution in [3.05, 3.63) is 23.8 Å². The molecule has 0 aliphatic heterocycles. The Morgan fingerprint density at radius 3 is 2.82 bits per heavy atom. The van der Waals surface area contributed by atoms with Crippen LogP contribution >= 0.6 is 0 Å². The minimum absolute atomic E-state index is 0.151. The van der Waals surface area contributed by atoms with Gasteiger partial charge in [0.1, 0.15) is 5.75 Å². The summed E-state index contributed by atoms with van der Waals surface area (Å²) >= 11 is 0. The lowest BCUT2D eigenvalue weighted by Crippen LogP contribution is -2.13. The van der Waals surface area contributed by atoms with Crippen molar-refractivity contribution in [2.24, 2.45) is 5.92 Å². The van der Waals surface area contributed by atoms with Gasteiger partial charge in [0, 0.05) is 11.6 Å². The second-order valence-corrected chi connectivity index (χ2v) is 4.54. The standard InChI is InChI=1S/C14H19NO2/c1-3-4-11-9-12(7-8-13(11)17-2)15-14(16)10-5-6-10/h7-10H,3-6H2,1-2H3,(H,15,16). The Morgan fingerprint density at radius 2 is 2.24 bits per heavy atom. The number of aryl methyl sites for hydroxylation is 1. The average molecular weight is 233 g/mol. The molecule has 1 fully saturated rings. The summed E-state index contributed by atoms with van der Waals surface area (Å²) in [5, 5.41) is 2.96. The molecule has 3 nitrogen and oxygen atoms in total. The van der Waals surface area contributed by atoms with Crippen LogP contribution in [-0.4, -0.2) is 13.0 Å². The van der Waals surface area contributed by atoms with E-state index in [4.69, 9.17) is 4.74 Å². The highest BCUT2D eigenvalue weighted by Gasteiger charge is 2.29. The number of methoxy groups -OCH3 is 1. The van der Waals surface area contributed by atoms with Gasteiger partial charge in [-0.15, -0.1) is 0 Å². The third kappa shape index (κ3) is 2.99. The second-order valence-electron chi connectivity index (χ2n) is 4.54. The molecule has 1 amide bonds. The van der Waals surface area contributed by atoms with Crippen LogP contribution in [-0.2, 0) is 11.2 Å². The zero-order valence-corrected chi connectivity index (χ0v) is 10.5. The Hall–Kier alpha value is -1.51. The first-order valence-electron chi connectivity index (χ1n) is 6.22. The highest BCUT2D eigenvalue weighted by molar-refractivity contribution is 5.94. The van der Waals surface area contributed by atoms with Crippen LogP contribution in [0.1, 0.15) is 31.7 Å². The Bertz CT molecular complexity index is 411. The zero-order chi connectivity index (χ0) is 12.3. The third-order valence-electron chi connectivity index (χ3n) is 3.02. The lowest BCUT2D eigenvalue weighted by atomic mass is 10.1. The van der Waals surface area contributed by atoms with Crippen LogP contribution < -0.4 is 10.1 Å². The van der Waals surface area contributed by atoms with E-state index in [0.29, 0.717) is 0 Å². The summed E-state index contributed by atoms with van der Waals surface area (Å²) in [5.74, 6) is 1.29. The Kier molecular flexibility index (Phi) is 3.67. The van der Waals surface area contributed by atoms with Gasteiger partial charge in [-0.3, -0.25) is 4.79 Å². The number of anilines is 1. The van der Waals surface area contributed by atoms with E-state index in [0.717, 1.165) is 42.7 Å². The highest BCUT2D eigenvalue weighted by atomic mass is 16.5. The van der Waals surface area contributed by atoms with Crippen molar-refractivity contribution in [3.8, 4) is 5.75 Å². The number of ether oxygens (including phenoxy) is 1. The third-order valence-corrected chi connectivity index (χ3v) is 3.02. The lowest BCUT2D eigenvalue weighted by molar-refractivity contribution is -0.117. The average Bonchev–Trinajstić information content (AvgIpc) is 3.13. The van der Waals surface area contributed by atoms with Crippen LogP contribution in [0.3, 0.4) is 0 Å². The number of amides is 1. The topological polar surface area (TPSA) is 38.3 Å². The van der Waals surface area contributed by atoms with Crippen molar-refractivity contribution < 1.29 is 9.53 Å². The minimum Gasteiger partial charge on any atom is -0.496 e. The quantitative estimate of drug-likeness (QED) is 0.849. The van der Waals surface area contributed by atoms with E-state index in [9.17, 15) is 4.79 Å². The number of carbonyl (C=O) groups is 1. The summed E-state index contributed by atoms with van der Waals surface area (Å²) in [6, 6.07) is 5.84. The van der Waals surface area contributed by atoms with Gasteiger partial charge in [0.15, 0.2) is 0 Å². The monoisotopic (exact) mass is 233 g/mol. The molecular formula is C14H19NO2. The van der Waals surface area contributed by atoms with Crippen molar-refractivity contribution in [1.82, 2.24) is 0 Å². The van der Waals surface area contributed by atoms with Gasteiger partial charge in [0.05, 0.1) is 7.11 Å². The smallest absolute Gasteiger partial charge is 0.227 e. The summed E-state index contributed by atoms with van der Waals surface area (Å²) in [5.41, 5.74) is 2.04. The first-order valence-corrected chi connectivity index (χ1v) is 6.22. The molecule has 1 aromatic rings. The molecule has 0 unspecified atom stereocenters. The van der Waals surface area contributed by atoms with E-state index in [1.54, 1.807) is 7.11 Å². The molecule has 1 N–H and O–H groups in total. The highest BCUT2D eigenvalue weighted by Crippen LogP contribution is 2.31. The van der Waals surface area contributed by atoms with Gasteiger partial charge in [-0.05, 0) is 43.0 Å². The van der Waals surface area contributed by atoms with E-state index in [1.807, 2.05) is 18.2 Å². The lowest BCUT2D eigenvalue weighted by Gasteiger charge is -2.11. The van der Waals surface area contributed by atoms with Gasteiger partial charge in [-0.1, -0.05) is 13.3 Å². The number of benzene rings is 1. The Balaban J connectivity index is 2.11. The van der Waals surface area contributed by atoms with Crippen LogP contribution in [0.15, 0.2) is 18.2 Å². The van der Waals surface area contributed by atoms with E-state index in [2.05, 4.69) is 12.2 Å². The molecule has 0 radical (unpaired) electrons. The molecule has 1 aromatic carbocycles. The van der Waals surface area contributed by atoms with Crippen molar-refractivity contribution in [1.29, 1.82) is 0 Å². The van der Waals surface area contributed by atoms with E-state index >= 15 is 0 Å². The number of carbonyl (C=O) groups excluding carboxylic acids is 1. The van der Waals surface area contributed by atoms with Gasteiger partial charge in [-0.2, -0.15) is 0 Å². The van der Waals surface area contributed by atoms with Gasteiger partial charge >= 0.3 is 0 Å². The van der Waals surface area contributed by atoms with Gasteiger partial charge in [0.2, 0.25) is 5.91 Å². The van der Waals surface area contributed by atoms with E-state index < -0.39 is 0 Å². The fraction of sp³-hybridized carbons (Fsp3) is 0.500. The van der Waals surface area contributed by atoms with Crippen LogP contribution in [0.4, 0.5) is 5.69 Å². The second kappa shape index (κ2) is 5.21. The number of nitrogens with one attached hydrogen (secondary N) is 1. The first kappa shape index (κ1) is 12.0. The summed E-state index contributed by atoms with van der Waals surface area (Å²) in [6.45, 7) is 2.13. The Morgan fingerprint density at radius 1 is 1.47 bits per heavy atom. The summed E-state index contributed by atoms with van der Waals surface area (Å²) in [7, 11) is 1.68. The maximum Gasteiger partial charge on any atom is 0.227 e. The molecule has 0 atom stereocenters. The number of hydrogen-bond donors (Lipinski definition) is 1. The summed E-state index contributed by atoms with van der Waals surface area (Å²) < 4.78 is 5.30. The van der Waals surface area contributed by atoms with Crippen molar-refractivity contribution in [2.75, 3.05) is 12.4 Å².